The summed E-state index contributed by atoms with van der Waals surface area (Å²) in [7, 11) is -3.83. The third-order valence-electron chi connectivity index (χ3n) is 4.00. The Morgan fingerprint density at radius 2 is 1.77 bits per heavy atom. The van der Waals surface area contributed by atoms with Crippen molar-refractivity contribution in [3.63, 3.8) is 0 Å². The van der Waals surface area contributed by atoms with Gasteiger partial charge in [-0.2, -0.15) is 13.9 Å². The monoisotopic (exact) mass is 465 g/mol. The maximum Gasteiger partial charge on any atom is 0.387 e. The third-order valence-corrected chi connectivity index (χ3v) is 6.76. The van der Waals surface area contributed by atoms with Crippen molar-refractivity contribution in [2.75, 3.05) is 4.72 Å². The molecule has 31 heavy (non-hydrogen) atoms. The molecule has 1 heterocycles. The van der Waals surface area contributed by atoms with Crippen LogP contribution in [0.5, 0.6) is 5.75 Å². The predicted octanol–water partition coefficient (Wildman–Crippen LogP) is 4.30. The summed E-state index contributed by atoms with van der Waals surface area (Å²) in [6.45, 7) is -1.30. The Kier molecular flexibility index (Phi) is 6.98. The van der Waals surface area contributed by atoms with Gasteiger partial charge in [-0.3, -0.25) is 9.52 Å². The number of ether oxygens (including phenoxy) is 1. The molecule has 11 heteroatoms. The van der Waals surface area contributed by atoms with Gasteiger partial charge in [-0.15, -0.1) is 11.3 Å². The van der Waals surface area contributed by atoms with E-state index in [0.29, 0.717) is 11.3 Å². The lowest BCUT2D eigenvalue weighted by molar-refractivity contribution is -0.0498. The van der Waals surface area contributed by atoms with Crippen molar-refractivity contribution in [2.45, 2.75) is 17.7 Å². The van der Waals surface area contributed by atoms with Gasteiger partial charge in [-0.25, -0.2) is 13.8 Å². The molecular formula is C20H17F2N3O4S2. The van der Waals surface area contributed by atoms with Gasteiger partial charge in [0, 0.05) is 0 Å². The molecule has 0 aliphatic carbocycles. The number of hydrogen-bond donors (Lipinski definition) is 2. The average molecular weight is 466 g/mol. The summed E-state index contributed by atoms with van der Waals surface area (Å²) in [5.41, 5.74) is 3.55. The molecule has 7 nitrogen and oxygen atoms in total. The van der Waals surface area contributed by atoms with Crippen LogP contribution in [-0.4, -0.2) is 26.6 Å². The van der Waals surface area contributed by atoms with Crippen molar-refractivity contribution in [1.82, 2.24) is 5.43 Å². The fourth-order valence-corrected chi connectivity index (χ4v) is 4.59. The number of hydrogen-bond acceptors (Lipinski definition) is 6. The van der Waals surface area contributed by atoms with Gasteiger partial charge in [0.15, 0.2) is 0 Å². The highest BCUT2D eigenvalue weighted by atomic mass is 32.2. The molecule has 0 saturated heterocycles. The molecule has 0 bridgehead atoms. The molecule has 3 aromatic rings. The van der Waals surface area contributed by atoms with Crippen LogP contribution in [0, 0.1) is 0 Å². The molecule has 2 aromatic carbocycles. The van der Waals surface area contributed by atoms with Gasteiger partial charge in [0.1, 0.15) is 9.96 Å². The van der Waals surface area contributed by atoms with Crippen LogP contribution < -0.4 is 14.9 Å². The number of alkyl halides is 2. The normalized spacial score (nSPS) is 11.9. The Bertz CT molecular complexity index is 1180. The van der Waals surface area contributed by atoms with Gasteiger partial charge in [0.05, 0.1) is 17.0 Å². The summed E-state index contributed by atoms with van der Waals surface area (Å²) >= 11 is 1.06. The summed E-state index contributed by atoms with van der Waals surface area (Å²) in [5, 5.41) is 5.64. The van der Waals surface area contributed by atoms with Crippen LogP contribution in [0.3, 0.4) is 0 Å². The van der Waals surface area contributed by atoms with E-state index in [1.165, 1.54) is 42.5 Å². The number of halogens is 2. The maximum absolute atomic E-state index is 12.6. The number of carbonyl (C=O) groups excluding carboxylic acids is 1. The number of thiophene rings is 1. The first-order valence-electron chi connectivity index (χ1n) is 8.81. The maximum atomic E-state index is 12.6. The number of anilines is 1. The number of nitrogens with one attached hydrogen (secondary N) is 2. The fourth-order valence-electron chi connectivity index (χ4n) is 2.52. The SMILES string of the molecule is C/C(=N\NC(=O)c1ccccc1NS(=O)(=O)c1cccs1)c1ccc(OC(F)F)cc1. The van der Waals surface area contributed by atoms with Gasteiger partial charge in [0.2, 0.25) is 0 Å². The number of hydrazone groups is 1. The number of rotatable bonds is 8. The summed E-state index contributed by atoms with van der Waals surface area (Å²) in [4.78, 5) is 12.6. The van der Waals surface area contributed by atoms with Crippen LogP contribution in [0.4, 0.5) is 14.5 Å². The van der Waals surface area contributed by atoms with Crippen LogP contribution in [0.1, 0.15) is 22.8 Å². The van der Waals surface area contributed by atoms with E-state index in [-0.39, 0.29) is 21.2 Å². The molecule has 1 amide bonds. The molecular weight excluding hydrogens is 448 g/mol. The molecule has 0 fully saturated rings. The summed E-state index contributed by atoms with van der Waals surface area (Å²) in [6.07, 6.45) is 0. The Hall–Kier alpha value is -3.31. The molecule has 0 spiro atoms. The fraction of sp³-hybridized carbons (Fsp3) is 0.100. The quantitative estimate of drug-likeness (QED) is 0.383. The zero-order valence-corrected chi connectivity index (χ0v) is 17.7. The van der Waals surface area contributed by atoms with E-state index in [4.69, 9.17) is 0 Å². The molecule has 1 aromatic heterocycles. The number of benzene rings is 2. The number of nitrogens with zero attached hydrogens (tertiary/aromatic N) is 1. The van der Waals surface area contributed by atoms with Gasteiger partial charge < -0.3 is 4.74 Å². The van der Waals surface area contributed by atoms with Crippen LogP contribution in [0.15, 0.2) is 75.4 Å². The summed E-state index contributed by atoms with van der Waals surface area (Å²) in [6, 6.07) is 15.0. The second-order valence-electron chi connectivity index (χ2n) is 6.12. The molecule has 0 atom stereocenters. The predicted molar refractivity (Wildman–Crippen MR) is 114 cm³/mol. The van der Waals surface area contributed by atoms with E-state index in [2.05, 4.69) is 20.0 Å². The molecule has 2 N–H and O–H groups in total. The van der Waals surface area contributed by atoms with Crippen molar-refractivity contribution in [2.24, 2.45) is 5.10 Å². The van der Waals surface area contributed by atoms with E-state index >= 15 is 0 Å². The zero-order chi connectivity index (χ0) is 22.4. The number of carbonyl (C=O) groups is 1. The Balaban J connectivity index is 1.73. The molecule has 0 saturated carbocycles. The highest BCUT2D eigenvalue weighted by molar-refractivity contribution is 7.94. The second-order valence-corrected chi connectivity index (χ2v) is 8.98. The first-order chi connectivity index (χ1) is 14.8. The van der Waals surface area contributed by atoms with Crippen molar-refractivity contribution in [3.05, 3.63) is 77.2 Å². The Morgan fingerprint density at radius 3 is 2.42 bits per heavy atom. The van der Waals surface area contributed by atoms with Gasteiger partial charge in [-0.05, 0) is 60.3 Å². The largest absolute Gasteiger partial charge is 0.435 e. The van der Waals surface area contributed by atoms with Gasteiger partial charge >= 0.3 is 6.61 Å². The zero-order valence-electron chi connectivity index (χ0n) is 16.1. The van der Waals surface area contributed by atoms with E-state index in [1.54, 1.807) is 30.5 Å². The number of para-hydroxylation sites is 1. The van der Waals surface area contributed by atoms with Crippen LogP contribution in [0.2, 0.25) is 0 Å². The van der Waals surface area contributed by atoms with Crippen LogP contribution >= 0.6 is 11.3 Å². The minimum absolute atomic E-state index is 0.00235. The Morgan fingerprint density at radius 1 is 1.06 bits per heavy atom. The minimum Gasteiger partial charge on any atom is -0.435 e. The van der Waals surface area contributed by atoms with Gasteiger partial charge in [-0.1, -0.05) is 18.2 Å². The van der Waals surface area contributed by atoms with E-state index in [1.807, 2.05) is 0 Å². The van der Waals surface area contributed by atoms with Crippen molar-refractivity contribution in [3.8, 4) is 5.75 Å². The van der Waals surface area contributed by atoms with Crippen LogP contribution in [0.25, 0.3) is 0 Å². The molecule has 0 aliphatic heterocycles. The van der Waals surface area contributed by atoms with Crippen LogP contribution in [-0.2, 0) is 10.0 Å². The van der Waals surface area contributed by atoms with E-state index in [0.717, 1.165) is 11.3 Å². The topological polar surface area (TPSA) is 96.9 Å². The lowest BCUT2D eigenvalue weighted by Gasteiger charge is -2.11. The van der Waals surface area contributed by atoms with Crippen molar-refractivity contribution < 1.29 is 26.7 Å². The Labute approximate surface area is 181 Å². The molecule has 3 rings (SSSR count). The van der Waals surface area contributed by atoms with Gasteiger partial charge in [0.25, 0.3) is 15.9 Å². The molecule has 162 valence electrons. The smallest absolute Gasteiger partial charge is 0.387 e. The first kappa shape index (κ1) is 22.4. The summed E-state index contributed by atoms with van der Waals surface area (Å²) < 4.78 is 56.2. The van der Waals surface area contributed by atoms with Crippen molar-refractivity contribution in [1.29, 1.82) is 0 Å². The summed E-state index contributed by atoms with van der Waals surface area (Å²) in [5.74, 6) is -0.621. The lowest BCUT2D eigenvalue weighted by atomic mass is 10.1. The molecule has 0 aliphatic rings. The van der Waals surface area contributed by atoms with E-state index in [9.17, 15) is 22.0 Å². The van der Waals surface area contributed by atoms with Crippen molar-refractivity contribution >= 4 is 38.7 Å². The minimum atomic E-state index is -3.83. The number of amides is 1. The average Bonchev–Trinajstić information content (AvgIpc) is 3.28. The second kappa shape index (κ2) is 9.67. The highest BCUT2D eigenvalue weighted by Crippen LogP contribution is 2.23. The highest BCUT2D eigenvalue weighted by Gasteiger charge is 2.19. The first-order valence-corrected chi connectivity index (χ1v) is 11.2. The molecule has 0 radical (unpaired) electrons. The molecule has 0 unspecified atom stereocenters. The van der Waals surface area contributed by atoms with E-state index < -0.39 is 22.5 Å². The lowest BCUT2D eigenvalue weighted by Crippen LogP contribution is -2.22. The number of sulfonamides is 1. The standard InChI is InChI=1S/C20H17F2N3O4S2/c1-13(14-8-10-15(11-9-14)29-20(21)22)23-24-19(26)16-5-2-3-6-17(16)25-31(27,28)18-7-4-12-30-18/h2-12,20,25H,1H3,(H,24,26)/b23-13+. The third kappa shape index (κ3) is 5.86.